The van der Waals surface area contributed by atoms with Gasteiger partial charge in [0.25, 0.3) is 5.56 Å². The zero-order chi connectivity index (χ0) is 20.1. The van der Waals surface area contributed by atoms with Gasteiger partial charge in [0.05, 0.1) is 4.90 Å². The van der Waals surface area contributed by atoms with E-state index in [1.165, 1.54) is 33.3 Å². The van der Waals surface area contributed by atoms with Gasteiger partial charge >= 0.3 is 5.69 Å². The molecule has 0 atom stereocenters. The van der Waals surface area contributed by atoms with Crippen LogP contribution in [0, 0.1) is 0 Å². The van der Waals surface area contributed by atoms with Gasteiger partial charge in [0.15, 0.2) is 0 Å². The van der Waals surface area contributed by atoms with E-state index >= 15 is 0 Å². The lowest BCUT2D eigenvalue weighted by atomic mass is 10.2. The zero-order valence-corrected chi connectivity index (χ0v) is 16.1. The third kappa shape index (κ3) is 4.76. The molecule has 1 aliphatic heterocycles. The summed E-state index contributed by atoms with van der Waals surface area (Å²) in [4.78, 5) is 37.0. The van der Waals surface area contributed by atoms with Gasteiger partial charge in [-0.25, -0.2) is 13.2 Å². The maximum atomic E-state index is 12.6. The number of nitrogens with zero attached hydrogens (tertiary/aromatic N) is 2. The monoisotopic (exact) mass is 406 g/mol. The number of aryl methyl sites for hydroxylation is 1. The van der Waals surface area contributed by atoms with E-state index in [0.717, 1.165) is 19.3 Å². The fraction of sp³-hybridized carbons (Fsp3) is 0.389. The van der Waals surface area contributed by atoms with Crippen molar-refractivity contribution in [3.63, 3.8) is 0 Å². The van der Waals surface area contributed by atoms with Crippen molar-refractivity contribution in [1.29, 1.82) is 0 Å². The first-order valence-electron chi connectivity index (χ1n) is 9.06. The number of anilines is 1. The van der Waals surface area contributed by atoms with Gasteiger partial charge in [-0.2, -0.15) is 4.31 Å². The molecule has 2 N–H and O–H groups in total. The predicted molar refractivity (Wildman–Crippen MR) is 104 cm³/mol. The molecule has 10 heteroatoms. The maximum Gasteiger partial charge on any atom is 0.328 e. The fourth-order valence-corrected chi connectivity index (χ4v) is 4.55. The molecule has 150 valence electrons. The highest BCUT2D eigenvalue weighted by molar-refractivity contribution is 7.89. The molecule has 2 heterocycles. The van der Waals surface area contributed by atoms with Gasteiger partial charge in [0.2, 0.25) is 15.9 Å². The van der Waals surface area contributed by atoms with Crippen LogP contribution in [0.4, 0.5) is 5.69 Å². The molecule has 1 saturated heterocycles. The Balaban J connectivity index is 1.59. The summed E-state index contributed by atoms with van der Waals surface area (Å²) in [6.45, 7) is 1.18. The van der Waals surface area contributed by atoms with Crippen molar-refractivity contribution in [2.24, 2.45) is 0 Å². The van der Waals surface area contributed by atoms with Crippen LogP contribution in [0.3, 0.4) is 0 Å². The Bertz CT molecular complexity index is 1050. The second-order valence-corrected chi connectivity index (χ2v) is 8.53. The summed E-state index contributed by atoms with van der Waals surface area (Å²) in [7, 11) is -3.51. The summed E-state index contributed by atoms with van der Waals surface area (Å²) in [5, 5.41) is 2.67. The Labute approximate surface area is 162 Å². The number of aromatic nitrogens is 2. The quantitative estimate of drug-likeness (QED) is 0.733. The molecular formula is C18H22N4O5S. The highest BCUT2D eigenvalue weighted by Gasteiger charge is 2.25. The molecule has 0 aliphatic carbocycles. The van der Waals surface area contributed by atoms with Crippen LogP contribution >= 0.6 is 0 Å². The summed E-state index contributed by atoms with van der Waals surface area (Å²) in [6, 6.07) is 7.25. The van der Waals surface area contributed by atoms with Gasteiger partial charge in [-0.3, -0.25) is 14.6 Å². The van der Waals surface area contributed by atoms with Crippen molar-refractivity contribution in [3.05, 3.63) is 57.4 Å². The van der Waals surface area contributed by atoms with Gasteiger partial charge in [0.1, 0.15) is 0 Å². The number of amides is 1. The number of piperidine rings is 1. The number of H-pyrrole nitrogens is 1. The SMILES string of the molecule is O=C(CCn1ccc(=O)[nH]c1=O)Nc1ccc(S(=O)(=O)N2CCCCC2)cc1. The Morgan fingerprint density at radius 2 is 1.71 bits per heavy atom. The third-order valence-electron chi connectivity index (χ3n) is 4.57. The molecule has 3 rings (SSSR count). The number of sulfonamides is 1. The van der Waals surface area contributed by atoms with Crippen LogP contribution in [0.25, 0.3) is 0 Å². The van der Waals surface area contributed by atoms with Crippen LogP contribution in [0.5, 0.6) is 0 Å². The van der Waals surface area contributed by atoms with Crippen LogP contribution in [-0.2, 0) is 21.4 Å². The van der Waals surface area contributed by atoms with Crippen molar-refractivity contribution in [2.45, 2.75) is 37.1 Å². The number of rotatable bonds is 6. The van der Waals surface area contributed by atoms with E-state index in [1.54, 1.807) is 12.1 Å². The van der Waals surface area contributed by atoms with E-state index in [2.05, 4.69) is 10.3 Å². The van der Waals surface area contributed by atoms with E-state index in [9.17, 15) is 22.8 Å². The first-order valence-corrected chi connectivity index (χ1v) is 10.5. The Kier molecular flexibility index (Phi) is 6.10. The molecule has 0 saturated carbocycles. The van der Waals surface area contributed by atoms with Gasteiger partial charge in [-0.1, -0.05) is 6.42 Å². The molecule has 0 bridgehead atoms. The molecule has 0 radical (unpaired) electrons. The van der Waals surface area contributed by atoms with Crippen LogP contribution < -0.4 is 16.6 Å². The van der Waals surface area contributed by atoms with Crippen LogP contribution in [0.1, 0.15) is 25.7 Å². The molecule has 1 aliphatic rings. The molecule has 28 heavy (non-hydrogen) atoms. The molecule has 1 fully saturated rings. The van der Waals surface area contributed by atoms with Gasteiger partial charge in [0, 0.05) is 44.0 Å². The average molecular weight is 406 g/mol. The summed E-state index contributed by atoms with van der Waals surface area (Å²) in [6.07, 6.45) is 4.13. The number of benzene rings is 1. The van der Waals surface area contributed by atoms with Crippen molar-refractivity contribution < 1.29 is 13.2 Å². The van der Waals surface area contributed by atoms with Gasteiger partial charge in [-0.15, -0.1) is 0 Å². The van der Waals surface area contributed by atoms with Crippen molar-refractivity contribution in [1.82, 2.24) is 13.9 Å². The number of aromatic amines is 1. The standard InChI is InChI=1S/C18H22N4O5S/c23-16(8-12-21-13-9-17(24)20-18(21)25)19-14-4-6-15(7-5-14)28(26,27)22-10-2-1-3-11-22/h4-7,9,13H,1-3,8,10-12H2,(H,19,23)(H,20,24,25). The highest BCUT2D eigenvalue weighted by atomic mass is 32.2. The summed E-state index contributed by atoms with van der Waals surface area (Å²) in [5.74, 6) is -0.329. The molecular weight excluding hydrogens is 384 g/mol. The lowest BCUT2D eigenvalue weighted by Crippen LogP contribution is -2.35. The summed E-state index contributed by atoms with van der Waals surface area (Å²) in [5.41, 5.74) is -0.603. The lowest BCUT2D eigenvalue weighted by molar-refractivity contribution is -0.116. The molecule has 0 unspecified atom stereocenters. The number of hydrogen-bond acceptors (Lipinski definition) is 5. The van der Waals surface area contributed by atoms with E-state index < -0.39 is 21.3 Å². The number of nitrogens with one attached hydrogen (secondary N) is 2. The lowest BCUT2D eigenvalue weighted by Gasteiger charge is -2.25. The third-order valence-corrected chi connectivity index (χ3v) is 6.48. The van der Waals surface area contributed by atoms with Crippen molar-refractivity contribution in [2.75, 3.05) is 18.4 Å². The smallest absolute Gasteiger partial charge is 0.326 e. The van der Waals surface area contributed by atoms with Crippen molar-refractivity contribution in [3.8, 4) is 0 Å². The molecule has 9 nitrogen and oxygen atoms in total. The molecule has 1 aromatic heterocycles. The highest BCUT2D eigenvalue weighted by Crippen LogP contribution is 2.22. The van der Waals surface area contributed by atoms with E-state index in [1.807, 2.05) is 0 Å². The fourth-order valence-electron chi connectivity index (χ4n) is 3.03. The summed E-state index contributed by atoms with van der Waals surface area (Å²) < 4.78 is 28.0. The topological polar surface area (TPSA) is 121 Å². The second kappa shape index (κ2) is 8.53. The number of carbonyl (C=O) groups excluding carboxylic acids is 1. The Morgan fingerprint density at radius 1 is 1.04 bits per heavy atom. The largest absolute Gasteiger partial charge is 0.328 e. The first kappa shape index (κ1) is 20.0. The first-order chi connectivity index (χ1) is 13.4. The summed E-state index contributed by atoms with van der Waals surface area (Å²) >= 11 is 0. The van der Waals surface area contributed by atoms with E-state index in [4.69, 9.17) is 0 Å². The minimum atomic E-state index is -3.51. The molecule has 0 spiro atoms. The van der Waals surface area contributed by atoms with Crippen molar-refractivity contribution >= 4 is 21.6 Å². The molecule has 2 aromatic rings. The Morgan fingerprint density at radius 3 is 2.36 bits per heavy atom. The zero-order valence-electron chi connectivity index (χ0n) is 15.3. The van der Waals surface area contributed by atoms with E-state index in [-0.39, 0.29) is 23.8 Å². The minimum absolute atomic E-state index is 0.0276. The van der Waals surface area contributed by atoms with E-state index in [0.29, 0.717) is 18.8 Å². The molecule has 1 amide bonds. The number of carbonyl (C=O) groups is 1. The van der Waals surface area contributed by atoms with Crippen LogP contribution in [-0.4, -0.2) is 41.3 Å². The number of hydrogen-bond donors (Lipinski definition) is 2. The second-order valence-electron chi connectivity index (χ2n) is 6.59. The van der Waals surface area contributed by atoms with Gasteiger partial charge in [-0.05, 0) is 37.1 Å². The van der Waals surface area contributed by atoms with Crippen LogP contribution in [0.2, 0.25) is 0 Å². The molecule has 1 aromatic carbocycles. The average Bonchev–Trinajstić information content (AvgIpc) is 2.68. The van der Waals surface area contributed by atoms with Gasteiger partial charge < -0.3 is 9.88 Å². The predicted octanol–water partition coefficient (Wildman–Crippen LogP) is 0.740. The normalized spacial score (nSPS) is 15.3. The Hall–Kier alpha value is -2.72. The van der Waals surface area contributed by atoms with Crippen LogP contribution in [0.15, 0.2) is 51.0 Å². The maximum absolute atomic E-state index is 12.6. The minimum Gasteiger partial charge on any atom is -0.326 e.